The van der Waals surface area contributed by atoms with Crippen LogP contribution < -0.4 is 0 Å². The highest BCUT2D eigenvalue weighted by Crippen LogP contribution is 2.18. The maximum absolute atomic E-state index is 4.80. The summed E-state index contributed by atoms with van der Waals surface area (Å²) < 4.78 is 0. The Morgan fingerprint density at radius 1 is 1.50 bits per heavy atom. The van der Waals surface area contributed by atoms with Gasteiger partial charge in [0.15, 0.2) is 7.05 Å². The van der Waals surface area contributed by atoms with E-state index in [1.54, 1.807) is 14.1 Å². The van der Waals surface area contributed by atoms with Crippen LogP contribution in [0.1, 0.15) is 0 Å². The summed E-state index contributed by atoms with van der Waals surface area (Å²) in [5, 5.41) is 1.21. The van der Waals surface area contributed by atoms with E-state index in [9.17, 15) is 0 Å². The van der Waals surface area contributed by atoms with E-state index in [4.69, 9.17) is 14.7 Å². The van der Waals surface area contributed by atoms with Gasteiger partial charge in [0.1, 0.15) is 12.1 Å². The minimum Gasteiger partial charge on any atom is -0.132 e. The lowest BCUT2D eigenvalue weighted by atomic mass is 11.4. The van der Waals surface area contributed by atoms with Gasteiger partial charge in [-0.1, -0.05) is 0 Å². The molecule has 1 heterocycles. The van der Waals surface area contributed by atoms with E-state index in [0.29, 0.717) is 0 Å². The molecule has 0 radical (unpaired) electrons. The lowest BCUT2D eigenvalue weighted by Crippen LogP contribution is -2.60. The molecular weight excluding hydrogens is 112 g/mol. The van der Waals surface area contributed by atoms with Crippen LogP contribution in [-0.4, -0.2) is 31.4 Å². The van der Waals surface area contributed by atoms with E-state index >= 15 is 0 Å². The highest BCUT2D eigenvalue weighted by molar-refractivity contribution is 3.85. The fourth-order valence-electron chi connectivity index (χ4n) is 0.491. The van der Waals surface area contributed by atoms with Crippen LogP contribution in [0.3, 0.4) is 0 Å². The monoisotopic (exact) mass is 121 g/mol. The van der Waals surface area contributed by atoms with Crippen LogP contribution in [0.4, 0.5) is 0 Å². The largest absolute Gasteiger partial charge is 0.173 e. The first-order chi connectivity index (χ1) is 3.66. The molecule has 0 amide bonds. The molecule has 0 atom stereocenters. The number of hydrogen-bond donors (Lipinski definition) is 0. The van der Waals surface area contributed by atoms with E-state index in [-0.39, 0.29) is 4.97 Å². The van der Waals surface area contributed by atoms with Crippen molar-refractivity contribution in [3.8, 4) is 0 Å². The predicted octanol–water partition coefficient (Wildman–Crippen LogP) is -0.367. The molecular formula is C3H9N2O3+. The zero-order valence-electron chi connectivity index (χ0n) is 5.12. The molecule has 0 aromatic rings. The molecule has 0 saturated carbocycles. The summed E-state index contributed by atoms with van der Waals surface area (Å²) in [5.74, 6) is 0. The molecule has 48 valence electrons. The van der Waals surface area contributed by atoms with Gasteiger partial charge in [-0.25, -0.2) is 0 Å². The summed E-state index contributed by atoms with van der Waals surface area (Å²) in [7, 11) is 4.76. The first kappa shape index (κ1) is 5.93. The molecule has 0 aromatic heterocycles. The molecule has 8 heavy (non-hydrogen) atoms. The van der Waals surface area contributed by atoms with Crippen molar-refractivity contribution in [3.05, 3.63) is 0 Å². The molecule has 0 bridgehead atoms. The van der Waals surface area contributed by atoms with Gasteiger partial charge < -0.3 is 0 Å². The van der Waals surface area contributed by atoms with Crippen LogP contribution >= 0.6 is 0 Å². The first-order valence-corrected chi connectivity index (χ1v) is 2.22. The van der Waals surface area contributed by atoms with Crippen LogP contribution in [0.2, 0.25) is 0 Å². The summed E-state index contributed by atoms with van der Waals surface area (Å²) >= 11 is 0. The fourth-order valence-corrected chi connectivity index (χ4v) is 0.491. The van der Waals surface area contributed by atoms with Gasteiger partial charge in [0.2, 0.25) is 0 Å². The molecule has 1 fully saturated rings. The van der Waals surface area contributed by atoms with Gasteiger partial charge in [-0.05, 0) is 9.88 Å². The van der Waals surface area contributed by atoms with Crippen molar-refractivity contribution in [1.82, 2.24) is 5.23 Å². The topological polar surface area (TPSA) is 30.9 Å². The van der Waals surface area contributed by atoms with Crippen LogP contribution in [0.25, 0.3) is 0 Å². The van der Waals surface area contributed by atoms with Gasteiger partial charge in [0, 0.05) is 0 Å². The minimum absolute atomic E-state index is 0.267. The lowest BCUT2D eigenvalue weighted by Gasteiger charge is -2.33. The van der Waals surface area contributed by atoms with Crippen LogP contribution in [0.5, 0.6) is 0 Å². The average Bonchev–Trinajstić information content (AvgIpc) is 1.63. The molecule has 1 aliphatic rings. The van der Waals surface area contributed by atoms with Crippen molar-refractivity contribution in [2.24, 2.45) is 0 Å². The standard InChI is InChI=1S/C3H9N2O3/c1-4-7-5(2,6-3)8-4/h1-3H3/q+1. The second-order valence-electron chi connectivity index (χ2n) is 1.56. The van der Waals surface area contributed by atoms with E-state index in [2.05, 4.69) is 0 Å². The average molecular weight is 121 g/mol. The second kappa shape index (κ2) is 1.64. The fraction of sp³-hybridized carbons (Fsp3) is 1.00. The second-order valence-corrected chi connectivity index (χ2v) is 1.56. The first-order valence-electron chi connectivity index (χ1n) is 2.22. The van der Waals surface area contributed by atoms with Crippen LogP contribution in [0, 0.1) is 0 Å². The van der Waals surface area contributed by atoms with Crippen molar-refractivity contribution in [2.45, 2.75) is 0 Å². The molecule has 1 saturated heterocycles. The van der Waals surface area contributed by atoms with E-state index < -0.39 is 0 Å². The quantitative estimate of drug-likeness (QED) is 0.443. The predicted molar refractivity (Wildman–Crippen MR) is 23.1 cm³/mol. The Labute approximate surface area is 47.3 Å². The zero-order chi connectivity index (χ0) is 6.20. The van der Waals surface area contributed by atoms with Crippen molar-refractivity contribution in [2.75, 3.05) is 21.2 Å². The molecule has 0 aliphatic carbocycles. The van der Waals surface area contributed by atoms with Gasteiger partial charge in [-0.3, -0.25) is 0 Å². The number of nitrogens with zero attached hydrogens (tertiary/aromatic N) is 2. The summed E-state index contributed by atoms with van der Waals surface area (Å²) in [6.45, 7) is 0. The van der Waals surface area contributed by atoms with E-state index in [1.165, 1.54) is 12.3 Å². The molecule has 0 unspecified atom stereocenters. The summed E-state index contributed by atoms with van der Waals surface area (Å²) in [5.41, 5.74) is 0. The maximum Gasteiger partial charge on any atom is 0.173 e. The van der Waals surface area contributed by atoms with Gasteiger partial charge >= 0.3 is 0 Å². The Morgan fingerprint density at radius 3 is 2.12 bits per heavy atom. The Bertz CT molecular complexity index is 90.5. The Hall–Kier alpha value is -0.200. The third-order valence-electron chi connectivity index (χ3n) is 0.858. The number of hydrogen-bond acceptors (Lipinski definition) is 4. The molecule has 5 heteroatoms. The SMILES string of the molecule is CO[N+]1(C)ON(C)O1. The summed E-state index contributed by atoms with van der Waals surface area (Å²) in [6.07, 6.45) is 0. The Kier molecular flexibility index (Phi) is 1.22. The molecule has 5 nitrogen and oxygen atoms in total. The molecule has 0 N–H and O–H groups in total. The number of quaternary nitrogens is 1. The zero-order valence-corrected chi connectivity index (χ0v) is 5.12. The molecule has 0 aromatic carbocycles. The van der Waals surface area contributed by atoms with Gasteiger partial charge in [-0.15, -0.1) is 4.84 Å². The maximum atomic E-state index is 4.80. The van der Waals surface area contributed by atoms with Crippen LogP contribution in [-0.2, 0) is 14.7 Å². The smallest absolute Gasteiger partial charge is 0.132 e. The van der Waals surface area contributed by atoms with Crippen LogP contribution in [0.15, 0.2) is 0 Å². The van der Waals surface area contributed by atoms with Crippen molar-refractivity contribution in [3.63, 3.8) is 0 Å². The highest BCUT2D eigenvalue weighted by atomic mass is 17.4. The number of rotatable bonds is 1. The van der Waals surface area contributed by atoms with Crippen molar-refractivity contribution < 1.29 is 19.7 Å². The van der Waals surface area contributed by atoms with Crippen molar-refractivity contribution >= 4 is 0 Å². The van der Waals surface area contributed by atoms with E-state index in [1.807, 2.05) is 0 Å². The molecule has 0 spiro atoms. The third-order valence-corrected chi connectivity index (χ3v) is 0.858. The highest BCUT2D eigenvalue weighted by Gasteiger charge is 2.45. The lowest BCUT2D eigenvalue weighted by molar-refractivity contribution is -1.46. The Morgan fingerprint density at radius 2 is 2.00 bits per heavy atom. The van der Waals surface area contributed by atoms with E-state index in [0.717, 1.165) is 0 Å². The summed E-state index contributed by atoms with van der Waals surface area (Å²) in [4.78, 5) is 14.0. The molecule has 1 aliphatic heterocycles. The Balaban J connectivity index is 2.30. The van der Waals surface area contributed by atoms with Crippen molar-refractivity contribution in [1.29, 1.82) is 0 Å². The normalized spacial score (nSPS) is 27.4. The van der Waals surface area contributed by atoms with Gasteiger partial charge in [0.25, 0.3) is 0 Å². The van der Waals surface area contributed by atoms with Gasteiger partial charge in [0.05, 0.1) is 12.3 Å². The third kappa shape index (κ3) is 0.816. The number of hydroxylamine groups is 5. The minimum atomic E-state index is -0.267. The summed E-state index contributed by atoms with van der Waals surface area (Å²) in [6, 6.07) is 0. The molecule has 1 rings (SSSR count). The van der Waals surface area contributed by atoms with Gasteiger partial charge in [-0.2, -0.15) is 0 Å².